The summed E-state index contributed by atoms with van der Waals surface area (Å²) in [4.78, 5) is 35.9. The maximum atomic E-state index is 11.8. The molecule has 2 N–H and O–H groups in total. The van der Waals surface area contributed by atoms with Gasteiger partial charge in [0.2, 0.25) is 11.8 Å². The molecule has 0 saturated heterocycles. The largest absolute Gasteiger partial charge is 0.450 e. The number of aryl methyl sites for hydroxylation is 1. The minimum Gasteiger partial charge on any atom is -0.450 e. The van der Waals surface area contributed by atoms with Gasteiger partial charge in [-0.3, -0.25) is 19.8 Å². The Morgan fingerprint density at radius 3 is 2.27 bits per heavy atom. The summed E-state index contributed by atoms with van der Waals surface area (Å²) in [5, 5.41) is 4.80. The van der Waals surface area contributed by atoms with Crippen molar-refractivity contribution in [3.63, 3.8) is 0 Å². The summed E-state index contributed by atoms with van der Waals surface area (Å²) in [6.07, 6.45) is -0.787. The molecule has 7 nitrogen and oxygen atoms in total. The highest BCUT2D eigenvalue weighted by atomic mass is 16.5. The molecule has 0 unspecified atom stereocenters. The van der Waals surface area contributed by atoms with E-state index < -0.39 is 12.0 Å². The van der Waals surface area contributed by atoms with Crippen LogP contribution in [0.4, 0.5) is 10.5 Å². The van der Waals surface area contributed by atoms with Gasteiger partial charge in [-0.25, -0.2) is 4.79 Å². The van der Waals surface area contributed by atoms with Gasteiger partial charge in [-0.15, -0.1) is 0 Å². The van der Waals surface area contributed by atoms with Crippen molar-refractivity contribution < 1.29 is 19.1 Å². The number of carbonyl (C=O) groups excluding carboxylic acids is 3. The molecule has 0 atom stereocenters. The summed E-state index contributed by atoms with van der Waals surface area (Å²) in [7, 11) is 1.61. The highest BCUT2D eigenvalue weighted by Gasteiger charge is 2.13. The molecule has 0 aliphatic heterocycles. The molecule has 1 aromatic rings. The van der Waals surface area contributed by atoms with Crippen LogP contribution in [0.15, 0.2) is 24.3 Å². The number of likely N-dealkylation sites (N-methyl/N-ethyl adjacent to an activating group) is 1. The van der Waals surface area contributed by atoms with E-state index >= 15 is 0 Å². The lowest BCUT2D eigenvalue weighted by molar-refractivity contribution is -0.122. The number of imide groups is 1. The Labute approximate surface area is 129 Å². The van der Waals surface area contributed by atoms with Crippen molar-refractivity contribution in [2.24, 2.45) is 0 Å². The van der Waals surface area contributed by atoms with Crippen LogP contribution in [-0.4, -0.2) is 49.6 Å². The number of benzene rings is 1. The van der Waals surface area contributed by atoms with E-state index in [0.717, 1.165) is 5.56 Å². The van der Waals surface area contributed by atoms with Crippen LogP contribution in [-0.2, 0) is 14.3 Å². The average molecular weight is 307 g/mol. The zero-order chi connectivity index (χ0) is 16.5. The van der Waals surface area contributed by atoms with Gasteiger partial charge in [0.1, 0.15) is 0 Å². The van der Waals surface area contributed by atoms with Gasteiger partial charge < -0.3 is 10.1 Å². The van der Waals surface area contributed by atoms with E-state index in [1.165, 1.54) is 4.90 Å². The molecule has 0 aliphatic rings. The van der Waals surface area contributed by atoms with Gasteiger partial charge in [0.05, 0.1) is 19.7 Å². The number of anilines is 1. The summed E-state index contributed by atoms with van der Waals surface area (Å²) in [5.74, 6) is -0.764. The first kappa shape index (κ1) is 17.6. The quantitative estimate of drug-likeness (QED) is 0.823. The molecule has 3 amide bonds. The maximum absolute atomic E-state index is 11.8. The zero-order valence-electron chi connectivity index (χ0n) is 13.0. The summed E-state index contributed by atoms with van der Waals surface area (Å²) >= 11 is 0. The van der Waals surface area contributed by atoms with Crippen molar-refractivity contribution >= 4 is 23.6 Å². The summed E-state index contributed by atoms with van der Waals surface area (Å²) < 4.78 is 4.60. The lowest BCUT2D eigenvalue weighted by atomic mass is 10.2. The third kappa shape index (κ3) is 6.85. The van der Waals surface area contributed by atoms with E-state index in [-0.39, 0.29) is 25.6 Å². The Morgan fingerprint density at radius 1 is 1.09 bits per heavy atom. The number of rotatable bonds is 6. The smallest absolute Gasteiger partial charge is 0.413 e. The van der Waals surface area contributed by atoms with Crippen LogP contribution in [0.25, 0.3) is 0 Å². The first-order chi connectivity index (χ1) is 10.4. The fourth-order valence-corrected chi connectivity index (χ4v) is 1.70. The predicted molar refractivity (Wildman–Crippen MR) is 82.5 cm³/mol. The molecule has 22 heavy (non-hydrogen) atoms. The second-order valence-corrected chi connectivity index (χ2v) is 4.86. The van der Waals surface area contributed by atoms with E-state index in [4.69, 9.17) is 0 Å². The van der Waals surface area contributed by atoms with E-state index in [0.29, 0.717) is 5.69 Å². The molecule has 1 rings (SSSR count). The zero-order valence-corrected chi connectivity index (χ0v) is 13.0. The highest BCUT2D eigenvalue weighted by molar-refractivity contribution is 5.94. The Hall–Kier alpha value is -2.41. The molecule has 0 saturated carbocycles. The Morgan fingerprint density at radius 2 is 1.68 bits per heavy atom. The van der Waals surface area contributed by atoms with Gasteiger partial charge in [-0.2, -0.15) is 0 Å². The summed E-state index contributed by atoms with van der Waals surface area (Å²) in [5.41, 5.74) is 1.80. The van der Waals surface area contributed by atoms with Gasteiger partial charge >= 0.3 is 6.09 Å². The summed E-state index contributed by atoms with van der Waals surface area (Å²) in [6.45, 7) is 3.74. The van der Waals surface area contributed by atoms with E-state index in [1.54, 1.807) is 26.1 Å². The topological polar surface area (TPSA) is 87.7 Å². The number of amides is 3. The van der Waals surface area contributed by atoms with Gasteiger partial charge in [-0.05, 0) is 33.0 Å². The molecule has 0 spiro atoms. The number of nitrogens with one attached hydrogen (secondary N) is 2. The molecule has 0 fully saturated rings. The van der Waals surface area contributed by atoms with Crippen molar-refractivity contribution in [1.29, 1.82) is 0 Å². The van der Waals surface area contributed by atoms with Crippen LogP contribution in [0, 0.1) is 6.92 Å². The number of nitrogens with zero attached hydrogens (tertiary/aromatic N) is 1. The number of alkyl carbamates (subject to hydrolysis) is 1. The normalized spacial score (nSPS) is 10.2. The molecule has 120 valence electrons. The van der Waals surface area contributed by atoms with Crippen molar-refractivity contribution in [3.8, 4) is 0 Å². The third-order valence-electron chi connectivity index (χ3n) is 2.68. The Kier molecular flexibility index (Phi) is 7.04. The number of carbonyl (C=O) groups is 3. The Bertz CT molecular complexity index is 528. The van der Waals surface area contributed by atoms with Crippen LogP contribution >= 0.6 is 0 Å². The van der Waals surface area contributed by atoms with Gasteiger partial charge in [0.15, 0.2) is 0 Å². The lowest BCUT2D eigenvalue weighted by Crippen LogP contribution is -2.41. The predicted octanol–water partition coefficient (Wildman–Crippen LogP) is 1.14. The number of hydrogen-bond donors (Lipinski definition) is 2. The third-order valence-corrected chi connectivity index (χ3v) is 2.68. The van der Waals surface area contributed by atoms with Gasteiger partial charge in [0, 0.05) is 5.69 Å². The minimum atomic E-state index is -0.787. The van der Waals surface area contributed by atoms with Crippen LogP contribution in [0.1, 0.15) is 12.5 Å². The van der Waals surface area contributed by atoms with Crippen LogP contribution < -0.4 is 10.6 Å². The van der Waals surface area contributed by atoms with Crippen LogP contribution in [0.2, 0.25) is 0 Å². The lowest BCUT2D eigenvalue weighted by Gasteiger charge is -2.15. The van der Waals surface area contributed by atoms with Crippen LogP contribution in [0.3, 0.4) is 0 Å². The standard InChI is InChI=1S/C15H21N3O4/c1-4-22-15(21)17-14(20)10-18(3)9-13(19)16-12-7-5-11(2)6-8-12/h5-8H,4,9-10H2,1-3H3,(H,16,19)(H,17,20,21). The van der Waals surface area contributed by atoms with E-state index in [2.05, 4.69) is 15.4 Å². The SMILES string of the molecule is CCOC(=O)NC(=O)CN(C)CC(=O)Nc1ccc(C)cc1. The van der Waals surface area contributed by atoms with Crippen molar-refractivity contribution in [2.45, 2.75) is 13.8 Å². The molecule has 0 bridgehead atoms. The molecule has 1 aromatic carbocycles. The highest BCUT2D eigenvalue weighted by Crippen LogP contribution is 2.08. The number of ether oxygens (including phenoxy) is 1. The average Bonchev–Trinajstić information content (AvgIpc) is 2.40. The second-order valence-electron chi connectivity index (χ2n) is 4.86. The molecule has 0 radical (unpaired) electrons. The number of hydrogen-bond acceptors (Lipinski definition) is 5. The molecular weight excluding hydrogens is 286 g/mol. The van der Waals surface area contributed by atoms with Crippen LogP contribution in [0.5, 0.6) is 0 Å². The molecule has 0 aliphatic carbocycles. The molecule has 0 aromatic heterocycles. The van der Waals surface area contributed by atoms with E-state index in [9.17, 15) is 14.4 Å². The van der Waals surface area contributed by atoms with Gasteiger partial charge in [-0.1, -0.05) is 17.7 Å². The van der Waals surface area contributed by atoms with Gasteiger partial charge in [0.25, 0.3) is 0 Å². The Balaban J connectivity index is 2.36. The fourth-order valence-electron chi connectivity index (χ4n) is 1.70. The second kappa shape index (κ2) is 8.78. The first-order valence-electron chi connectivity index (χ1n) is 6.92. The first-order valence-corrected chi connectivity index (χ1v) is 6.92. The fraction of sp³-hybridized carbons (Fsp3) is 0.400. The van der Waals surface area contributed by atoms with Crippen molar-refractivity contribution in [3.05, 3.63) is 29.8 Å². The maximum Gasteiger partial charge on any atom is 0.413 e. The van der Waals surface area contributed by atoms with E-state index in [1.807, 2.05) is 19.1 Å². The minimum absolute atomic E-state index is 0.0319. The molecule has 7 heteroatoms. The monoisotopic (exact) mass is 307 g/mol. The van der Waals surface area contributed by atoms with Crippen molar-refractivity contribution in [2.75, 3.05) is 32.1 Å². The molecular formula is C15H21N3O4. The van der Waals surface area contributed by atoms with Crippen molar-refractivity contribution in [1.82, 2.24) is 10.2 Å². The summed E-state index contributed by atoms with van der Waals surface area (Å²) in [6, 6.07) is 7.40. The molecule has 0 heterocycles.